The van der Waals surface area contributed by atoms with Crippen LogP contribution in [0.2, 0.25) is 0 Å². The summed E-state index contributed by atoms with van der Waals surface area (Å²) in [5, 5.41) is 3.07. The maximum atomic E-state index is 12.9. The molecule has 2 heterocycles. The quantitative estimate of drug-likeness (QED) is 0.502. The summed E-state index contributed by atoms with van der Waals surface area (Å²) in [5.74, 6) is -0.0365. The minimum absolute atomic E-state index is 0.0365. The number of hydrogen-bond acceptors (Lipinski definition) is 4. The molecule has 1 amide bonds. The Hall–Kier alpha value is -2.90. The van der Waals surface area contributed by atoms with Crippen LogP contribution in [0, 0.1) is 0 Å². The number of amides is 1. The molecule has 1 aliphatic rings. The Labute approximate surface area is 202 Å². The molecule has 3 aromatic rings. The number of para-hydroxylation sites is 2. The number of imidazole rings is 1. The molecule has 0 saturated carbocycles. The average Bonchev–Trinajstić information content (AvgIpc) is 3.13. The summed E-state index contributed by atoms with van der Waals surface area (Å²) >= 11 is 0. The van der Waals surface area contributed by atoms with E-state index in [1.165, 1.54) is 5.56 Å². The van der Waals surface area contributed by atoms with Crippen LogP contribution >= 0.6 is 0 Å². The fourth-order valence-electron chi connectivity index (χ4n) is 4.81. The number of likely N-dealkylation sites (N-methyl/N-ethyl adjacent to an activating group) is 1. The Morgan fingerprint density at radius 3 is 2.06 bits per heavy atom. The summed E-state index contributed by atoms with van der Waals surface area (Å²) in [4.78, 5) is 30.6. The minimum atomic E-state index is -0.0376. The van der Waals surface area contributed by atoms with Gasteiger partial charge in [-0.3, -0.25) is 18.8 Å². The zero-order valence-corrected chi connectivity index (χ0v) is 20.5. The summed E-state index contributed by atoms with van der Waals surface area (Å²) in [7, 11) is 0. The molecule has 1 fully saturated rings. The monoisotopic (exact) mass is 463 g/mol. The van der Waals surface area contributed by atoms with Crippen LogP contribution < -0.4 is 11.0 Å². The molecule has 0 aliphatic carbocycles. The standard InChI is InChI=1S/C27H37N5O2/c1-3-14-31-24-11-7-8-12-25(24)32(27(31)34)15-13-26(33)28-20-22-9-5-6-10-23(22)21-30-18-16-29(4-2)17-19-30/h5-12H,3-4,13-21H2,1-2H3,(H,28,33). The van der Waals surface area contributed by atoms with Crippen LogP contribution in [-0.4, -0.2) is 57.6 Å². The first-order chi connectivity index (χ1) is 16.6. The van der Waals surface area contributed by atoms with E-state index in [1.54, 1.807) is 4.57 Å². The fourth-order valence-corrected chi connectivity index (χ4v) is 4.81. The van der Waals surface area contributed by atoms with Gasteiger partial charge in [0.1, 0.15) is 0 Å². The maximum Gasteiger partial charge on any atom is 0.329 e. The molecule has 7 heteroatoms. The summed E-state index contributed by atoms with van der Waals surface area (Å²) in [6.45, 7) is 12.3. The molecule has 0 atom stereocenters. The number of fused-ring (bicyclic) bond motifs is 1. The summed E-state index contributed by atoms with van der Waals surface area (Å²) in [5.41, 5.74) is 4.21. The first kappa shape index (κ1) is 24.2. The maximum absolute atomic E-state index is 12.9. The number of hydrogen-bond donors (Lipinski definition) is 1. The van der Waals surface area contributed by atoms with E-state index >= 15 is 0 Å². The van der Waals surface area contributed by atoms with Crippen molar-refractivity contribution >= 4 is 16.9 Å². The molecule has 4 rings (SSSR count). The largest absolute Gasteiger partial charge is 0.352 e. The predicted molar refractivity (Wildman–Crippen MR) is 137 cm³/mol. The molecular weight excluding hydrogens is 426 g/mol. The number of carbonyl (C=O) groups is 1. The van der Waals surface area contributed by atoms with Crippen molar-refractivity contribution in [3.05, 3.63) is 70.1 Å². The number of nitrogens with one attached hydrogen (secondary N) is 1. The van der Waals surface area contributed by atoms with Crippen LogP contribution in [0.1, 0.15) is 37.8 Å². The molecule has 1 saturated heterocycles. The Morgan fingerprint density at radius 1 is 0.824 bits per heavy atom. The van der Waals surface area contributed by atoms with E-state index in [0.29, 0.717) is 19.6 Å². The lowest BCUT2D eigenvalue weighted by Crippen LogP contribution is -2.45. The molecule has 1 aromatic heterocycles. The van der Waals surface area contributed by atoms with Crippen molar-refractivity contribution < 1.29 is 4.79 Å². The van der Waals surface area contributed by atoms with E-state index in [4.69, 9.17) is 0 Å². The highest BCUT2D eigenvalue weighted by atomic mass is 16.2. The molecule has 0 radical (unpaired) electrons. The van der Waals surface area contributed by atoms with Crippen LogP contribution in [0.4, 0.5) is 0 Å². The third-order valence-corrected chi connectivity index (χ3v) is 6.84. The van der Waals surface area contributed by atoms with Crippen molar-refractivity contribution in [3.63, 3.8) is 0 Å². The third kappa shape index (κ3) is 5.59. The lowest BCUT2D eigenvalue weighted by molar-refractivity contribution is -0.121. The van der Waals surface area contributed by atoms with Crippen LogP contribution in [-0.2, 0) is 31.0 Å². The van der Waals surface area contributed by atoms with Crippen molar-refractivity contribution in [2.75, 3.05) is 32.7 Å². The second-order valence-electron chi connectivity index (χ2n) is 9.08. The molecule has 0 unspecified atom stereocenters. The smallest absolute Gasteiger partial charge is 0.329 e. The zero-order valence-electron chi connectivity index (χ0n) is 20.5. The lowest BCUT2D eigenvalue weighted by atomic mass is 10.1. The van der Waals surface area contributed by atoms with E-state index in [0.717, 1.165) is 62.3 Å². The van der Waals surface area contributed by atoms with Gasteiger partial charge in [0.25, 0.3) is 0 Å². The van der Waals surface area contributed by atoms with Gasteiger partial charge < -0.3 is 10.2 Å². The van der Waals surface area contributed by atoms with Gasteiger partial charge in [-0.15, -0.1) is 0 Å². The van der Waals surface area contributed by atoms with Crippen molar-refractivity contribution in [2.24, 2.45) is 0 Å². The van der Waals surface area contributed by atoms with E-state index in [9.17, 15) is 9.59 Å². The molecule has 0 spiro atoms. The topological polar surface area (TPSA) is 62.5 Å². The van der Waals surface area contributed by atoms with Crippen LogP contribution in [0.3, 0.4) is 0 Å². The molecule has 2 aromatic carbocycles. The number of rotatable bonds is 10. The number of carbonyl (C=O) groups excluding carboxylic acids is 1. The SMILES string of the molecule is CCCn1c(=O)n(CCC(=O)NCc2ccccc2CN2CCN(CC)CC2)c2ccccc21. The molecule has 7 nitrogen and oxygen atoms in total. The second kappa shape index (κ2) is 11.5. The highest BCUT2D eigenvalue weighted by Gasteiger charge is 2.17. The second-order valence-corrected chi connectivity index (χ2v) is 9.08. The Balaban J connectivity index is 1.35. The molecule has 0 bridgehead atoms. The van der Waals surface area contributed by atoms with E-state index in [2.05, 4.69) is 47.2 Å². The Bertz CT molecular complexity index is 1160. The predicted octanol–water partition coefficient (Wildman–Crippen LogP) is 3.06. The van der Waals surface area contributed by atoms with Gasteiger partial charge in [-0.1, -0.05) is 50.2 Å². The lowest BCUT2D eigenvalue weighted by Gasteiger charge is -2.34. The molecular formula is C27H37N5O2. The first-order valence-electron chi connectivity index (χ1n) is 12.6. The summed E-state index contributed by atoms with van der Waals surface area (Å²) < 4.78 is 3.54. The van der Waals surface area contributed by atoms with Gasteiger partial charge in [-0.05, 0) is 36.2 Å². The third-order valence-electron chi connectivity index (χ3n) is 6.84. The fraction of sp³-hybridized carbons (Fsp3) is 0.481. The van der Waals surface area contributed by atoms with Crippen LogP contribution in [0.15, 0.2) is 53.3 Å². The highest BCUT2D eigenvalue weighted by Crippen LogP contribution is 2.15. The Morgan fingerprint density at radius 2 is 1.41 bits per heavy atom. The number of piperazine rings is 1. The van der Waals surface area contributed by atoms with Crippen molar-refractivity contribution in [3.8, 4) is 0 Å². The molecule has 34 heavy (non-hydrogen) atoms. The van der Waals surface area contributed by atoms with Crippen molar-refractivity contribution in [2.45, 2.75) is 52.9 Å². The van der Waals surface area contributed by atoms with Gasteiger partial charge in [0.05, 0.1) is 11.0 Å². The van der Waals surface area contributed by atoms with Gasteiger partial charge in [-0.25, -0.2) is 4.79 Å². The van der Waals surface area contributed by atoms with E-state index < -0.39 is 0 Å². The minimum Gasteiger partial charge on any atom is -0.352 e. The van der Waals surface area contributed by atoms with Gasteiger partial charge >= 0.3 is 5.69 Å². The zero-order chi connectivity index (χ0) is 23.9. The average molecular weight is 464 g/mol. The Kier molecular flexibility index (Phi) is 8.19. The van der Waals surface area contributed by atoms with Gasteiger partial charge in [-0.2, -0.15) is 0 Å². The first-order valence-corrected chi connectivity index (χ1v) is 12.6. The van der Waals surface area contributed by atoms with Crippen molar-refractivity contribution in [1.29, 1.82) is 0 Å². The van der Waals surface area contributed by atoms with E-state index in [1.807, 2.05) is 34.9 Å². The van der Waals surface area contributed by atoms with Crippen LogP contribution in [0.25, 0.3) is 11.0 Å². The molecule has 182 valence electrons. The van der Waals surface area contributed by atoms with Gasteiger partial charge in [0.15, 0.2) is 0 Å². The van der Waals surface area contributed by atoms with Gasteiger partial charge in [0, 0.05) is 58.8 Å². The number of aryl methyl sites for hydroxylation is 2. The van der Waals surface area contributed by atoms with Crippen LogP contribution in [0.5, 0.6) is 0 Å². The number of aromatic nitrogens is 2. The molecule has 1 N–H and O–H groups in total. The van der Waals surface area contributed by atoms with Gasteiger partial charge in [0.2, 0.25) is 5.91 Å². The summed E-state index contributed by atoms with van der Waals surface area (Å²) in [6, 6.07) is 16.2. The normalized spacial score (nSPS) is 15.1. The number of benzene rings is 2. The number of nitrogens with zero attached hydrogens (tertiary/aromatic N) is 4. The van der Waals surface area contributed by atoms with Crippen molar-refractivity contribution in [1.82, 2.24) is 24.3 Å². The highest BCUT2D eigenvalue weighted by molar-refractivity contribution is 5.78. The summed E-state index contributed by atoms with van der Waals surface area (Å²) in [6.07, 6.45) is 1.17. The molecule has 1 aliphatic heterocycles. The van der Waals surface area contributed by atoms with E-state index in [-0.39, 0.29) is 18.0 Å².